The van der Waals surface area contributed by atoms with Crippen molar-refractivity contribution in [2.45, 2.75) is 36.3 Å². The molecule has 1 saturated carbocycles. The lowest BCUT2D eigenvalue weighted by Crippen LogP contribution is -1.87. The average molecular weight is 270 g/mol. The highest BCUT2D eigenvalue weighted by Crippen LogP contribution is 2.63. The van der Waals surface area contributed by atoms with Gasteiger partial charge in [-0.05, 0) is 18.3 Å². The van der Waals surface area contributed by atoms with Crippen LogP contribution in [0, 0.1) is 11.8 Å². The maximum absolute atomic E-state index is 3.66. The van der Waals surface area contributed by atoms with Crippen LogP contribution in [0.15, 0.2) is 0 Å². The highest BCUT2D eigenvalue weighted by molar-refractivity contribution is 9.25. The van der Waals surface area contributed by atoms with Gasteiger partial charge in [-0.25, -0.2) is 0 Å². The minimum atomic E-state index is 0.301. The van der Waals surface area contributed by atoms with E-state index in [-0.39, 0.29) is 0 Å². The summed E-state index contributed by atoms with van der Waals surface area (Å²) in [5.41, 5.74) is 0. The zero-order valence-corrected chi connectivity index (χ0v) is 9.70. The van der Waals surface area contributed by atoms with Crippen molar-refractivity contribution in [2.24, 2.45) is 11.8 Å². The molecule has 2 atom stereocenters. The Morgan fingerprint density at radius 3 is 2.20 bits per heavy atom. The van der Waals surface area contributed by atoms with Crippen LogP contribution in [0.2, 0.25) is 0 Å². The third-order valence-electron chi connectivity index (χ3n) is 2.46. The van der Waals surface area contributed by atoms with Gasteiger partial charge in [0.2, 0.25) is 0 Å². The Bertz CT molecular complexity index is 120. The molecule has 2 heteroatoms. The standard InChI is InChI=1S/C8H14Br2/c1-3-4-5-7-6(2)8(7,9)10/h6-7H,3-5H2,1-2H3. The molecule has 0 N–H and O–H groups in total. The van der Waals surface area contributed by atoms with Gasteiger partial charge in [0.05, 0.1) is 3.23 Å². The molecule has 0 bridgehead atoms. The van der Waals surface area contributed by atoms with Crippen LogP contribution in [-0.2, 0) is 0 Å². The molecule has 2 unspecified atom stereocenters. The monoisotopic (exact) mass is 268 g/mol. The SMILES string of the molecule is CCCCC1C(C)C1(Br)Br. The van der Waals surface area contributed by atoms with Gasteiger partial charge < -0.3 is 0 Å². The fourth-order valence-electron chi connectivity index (χ4n) is 1.43. The van der Waals surface area contributed by atoms with E-state index in [2.05, 4.69) is 45.7 Å². The lowest BCUT2D eigenvalue weighted by molar-refractivity contribution is 0.620. The molecule has 0 nitrogen and oxygen atoms in total. The van der Waals surface area contributed by atoms with E-state index in [9.17, 15) is 0 Å². The summed E-state index contributed by atoms with van der Waals surface area (Å²) < 4.78 is 0.301. The van der Waals surface area contributed by atoms with E-state index in [1.54, 1.807) is 0 Å². The lowest BCUT2D eigenvalue weighted by Gasteiger charge is -1.96. The normalized spacial score (nSPS) is 36.0. The first kappa shape index (κ1) is 9.05. The van der Waals surface area contributed by atoms with E-state index in [4.69, 9.17) is 0 Å². The maximum Gasteiger partial charge on any atom is 0.0865 e. The van der Waals surface area contributed by atoms with E-state index in [0.29, 0.717) is 3.23 Å². The Hall–Kier alpha value is 0.960. The Balaban J connectivity index is 2.22. The van der Waals surface area contributed by atoms with E-state index >= 15 is 0 Å². The minimum Gasteiger partial charge on any atom is -0.0721 e. The summed E-state index contributed by atoms with van der Waals surface area (Å²) in [5, 5.41) is 0. The van der Waals surface area contributed by atoms with E-state index in [1.807, 2.05) is 0 Å². The zero-order valence-electron chi connectivity index (χ0n) is 6.53. The molecule has 0 aromatic rings. The van der Waals surface area contributed by atoms with Crippen LogP contribution in [0.3, 0.4) is 0 Å². The molecule has 1 aliphatic carbocycles. The molecule has 1 rings (SSSR count). The number of hydrogen-bond acceptors (Lipinski definition) is 0. The van der Waals surface area contributed by atoms with Crippen LogP contribution >= 0.6 is 31.9 Å². The zero-order chi connectivity index (χ0) is 7.78. The third-order valence-corrected chi connectivity index (χ3v) is 5.09. The maximum atomic E-state index is 3.66. The van der Waals surface area contributed by atoms with E-state index in [0.717, 1.165) is 11.8 Å². The van der Waals surface area contributed by atoms with E-state index in [1.165, 1.54) is 19.3 Å². The Kier molecular flexibility index (Phi) is 2.84. The smallest absolute Gasteiger partial charge is 0.0721 e. The summed E-state index contributed by atoms with van der Waals surface area (Å²) in [7, 11) is 0. The fourth-order valence-corrected chi connectivity index (χ4v) is 3.05. The number of alkyl halides is 2. The second-order valence-electron chi connectivity index (χ2n) is 3.21. The van der Waals surface area contributed by atoms with Gasteiger partial charge in [-0.1, -0.05) is 58.5 Å². The molecule has 0 radical (unpaired) electrons. The highest BCUT2D eigenvalue weighted by atomic mass is 79.9. The molecule has 1 aliphatic rings. The molecule has 0 aromatic heterocycles. The highest BCUT2D eigenvalue weighted by Gasteiger charge is 2.57. The summed E-state index contributed by atoms with van der Waals surface area (Å²) in [6, 6.07) is 0. The van der Waals surface area contributed by atoms with Gasteiger partial charge in [-0.3, -0.25) is 0 Å². The number of halogens is 2. The molecule has 10 heavy (non-hydrogen) atoms. The van der Waals surface area contributed by atoms with Gasteiger partial charge in [-0.15, -0.1) is 0 Å². The van der Waals surface area contributed by atoms with Gasteiger partial charge in [0.25, 0.3) is 0 Å². The second kappa shape index (κ2) is 3.14. The van der Waals surface area contributed by atoms with Crippen molar-refractivity contribution >= 4 is 31.9 Å². The van der Waals surface area contributed by atoms with Gasteiger partial charge >= 0.3 is 0 Å². The van der Waals surface area contributed by atoms with Crippen LogP contribution < -0.4 is 0 Å². The summed E-state index contributed by atoms with van der Waals surface area (Å²) in [4.78, 5) is 0. The molecule has 0 spiro atoms. The quantitative estimate of drug-likeness (QED) is 0.681. The van der Waals surface area contributed by atoms with Crippen molar-refractivity contribution in [1.82, 2.24) is 0 Å². The van der Waals surface area contributed by atoms with Crippen molar-refractivity contribution in [3.8, 4) is 0 Å². The first-order valence-corrected chi connectivity index (χ1v) is 5.57. The molecule has 60 valence electrons. The first-order chi connectivity index (χ1) is 4.60. The predicted octanol–water partition coefficient (Wildman–Crippen LogP) is 3.93. The predicted molar refractivity (Wildman–Crippen MR) is 52.8 cm³/mol. The van der Waals surface area contributed by atoms with Crippen molar-refractivity contribution in [1.29, 1.82) is 0 Å². The average Bonchev–Trinajstić information content (AvgIpc) is 2.31. The Morgan fingerprint density at radius 1 is 1.40 bits per heavy atom. The molecule has 0 saturated heterocycles. The summed E-state index contributed by atoms with van der Waals surface area (Å²) in [6.45, 7) is 4.54. The van der Waals surface area contributed by atoms with Crippen LogP contribution in [0.4, 0.5) is 0 Å². The number of hydrogen-bond donors (Lipinski definition) is 0. The molecule has 0 heterocycles. The van der Waals surface area contributed by atoms with Crippen LogP contribution in [0.1, 0.15) is 33.1 Å². The van der Waals surface area contributed by atoms with Crippen LogP contribution in [-0.4, -0.2) is 3.23 Å². The van der Waals surface area contributed by atoms with Gasteiger partial charge in [0.1, 0.15) is 0 Å². The van der Waals surface area contributed by atoms with Gasteiger partial charge in [0.15, 0.2) is 0 Å². The number of rotatable bonds is 3. The molecule has 0 aromatic carbocycles. The lowest BCUT2D eigenvalue weighted by atomic mass is 10.2. The van der Waals surface area contributed by atoms with Crippen LogP contribution in [0.5, 0.6) is 0 Å². The third kappa shape index (κ3) is 1.58. The molecule has 1 fully saturated rings. The van der Waals surface area contributed by atoms with Crippen LogP contribution in [0.25, 0.3) is 0 Å². The van der Waals surface area contributed by atoms with Crippen molar-refractivity contribution < 1.29 is 0 Å². The van der Waals surface area contributed by atoms with Gasteiger partial charge in [-0.2, -0.15) is 0 Å². The van der Waals surface area contributed by atoms with Crippen molar-refractivity contribution in [2.75, 3.05) is 0 Å². The van der Waals surface area contributed by atoms with E-state index < -0.39 is 0 Å². The molecular formula is C8H14Br2. The molecule has 0 amide bonds. The number of unbranched alkanes of at least 4 members (excludes halogenated alkanes) is 1. The largest absolute Gasteiger partial charge is 0.0865 e. The molecule has 0 aliphatic heterocycles. The fraction of sp³-hybridized carbons (Fsp3) is 1.00. The minimum absolute atomic E-state index is 0.301. The van der Waals surface area contributed by atoms with Crippen molar-refractivity contribution in [3.05, 3.63) is 0 Å². The second-order valence-corrected chi connectivity index (χ2v) is 6.90. The molecular weight excluding hydrogens is 256 g/mol. The van der Waals surface area contributed by atoms with Crippen molar-refractivity contribution in [3.63, 3.8) is 0 Å². The Morgan fingerprint density at radius 2 is 1.90 bits per heavy atom. The summed E-state index contributed by atoms with van der Waals surface area (Å²) in [6.07, 6.45) is 4.06. The summed E-state index contributed by atoms with van der Waals surface area (Å²) >= 11 is 7.33. The Labute approximate surface area is 80.0 Å². The first-order valence-electron chi connectivity index (χ1n) is 3.98. The topological polar surface area (TPSA) is 0 Å². The summed E-state index contributed by atoms with van der Waals surface area (Å²) in [5.74, 6) is 1.69. The van der Waals surface area contributed by atoms with Gasteiger partial charge in [0, 0.05) is 0 Å².